The average molecular weight is 307 g/mol. The maximum atomic E-state index is 11.8. The van der Waals surface area contributed by atoms with Gasteiger partial charge in [-0.25, -0.2) is 0 Å². The molecule has 1 aliphatic rings. The summed E-state index contributed by atoms with van der Waals surface area (Å²) in [5.41, 5.74) is 2.31. The molecule has 0 unspecified atom stereocenters. The van der Waals surface area contributed by atoms with Gasteiger partial charge >= 0.3 is 0 Å². The van der Waals surface area contributed by atoms with Gasteiger partial charge in [0.15, 0.2) is 0 Å². The molecule has 1 fully saturated rings. The van der Waals surface area contributed by atoms with Crippen molar-refractivity contribution in [3.05, 3.63) is 35.4 Å². The molecule has 6 heteroatoms. The quantitative estimate of drug-likeness (QED) is 0.866. The normalized spacial score (nSPS) is 14.8. The Balaban J connectivity index is 1.77. The summed E-state index contributed by atoms with van der Waals surface area (Å²) in [5, 5.41) is 2.85. The molecule has 0 saturated carbocycles. The van der Waals surface area contributed by atoms with Crippen LogP contribution >= 0.6 is 11.8 Å². The van der Waals surface area contributed by atoms with E-state index in [1.807, 2.05) is 26.2 Å². The molecule has 1 aromatic rings. The van der Waals surface area contributed by atoms with E-state index in [4.69, 9.17) is 0 Å². The topological polar surface area (TPSA) is 52.7 Å². The first-order chi connectivity index (χ1) is 10.0. The molecular formula is C15H21N3O2S. The number of nitrogens with zero attached hydrogens (tertiary/aromatic N) is 2. The summed E-state index contributed by atoms with van der Waals surface area (Å²) in [6, 6.07) is 8.19. The number of nitrogens with one attached hydrogen (secondary N) is 1. The van der Waals surface area contributed by atoms with Gasteiger partial charge in [0.1, 0.15) is 6.54 Å². The molecule has 1 aliphatic heterocycles. The van der Waals surface area contributed by atoms with Gasteiger partial charge in [0.05, 0.1) is 0 Å². The Labute approximate surface area is 129 Å². The molecule has 1 N–H and O–H groups in total. The monoisotopic (exact) mass is 307 g/mol. The Morgan fingerprint density at radius 1 is 1.29 bits per heavy atom. The molecule has 114 valence electrons. The average Bonchev–Trinajstić information content (AvgIpc) is 2.83. The molecule has 2 rings (SSSR count). The minimum absolute atomic E-state index is 0.00168. The molecule has 0 atom stereocenters. The van der Waals surface area contributed by atoms with Gasteiger partial charge in [-0.1, -0.05) is 36.0 Å². The van der Waals surface area contributed by atoms with Gasteiger partial charge in [-0.05, 0) is 25.2 Å². The molecule has 1 heterocycles. The van der Waals surface area contributed by atoms with Crippen LogP contribution in [0.25, 0.3) is 0 Å². The predicted molar refractivity (Wildman–Crippen MR) is 85.1 cm³/mol. The summed E-state index contributed by atoms with van der Waals surface area (Å²) in [6.07, 6.45) is 0. The second-order valence-corrected chi connectivity index (χ2v) is 6.41. The summed E-state index contributed by atoms with van der Waals surface area (Å²) in [6.45, 7) is 2.22. The van der Waals surface area contributed by atoms with Gasteiger partial charge in [-0.2, -0.15) is 0 Å². The van der Waals surface area contributed by atoms with Crippen molar-refractivity contribution < 1.29 is 9.59 Å². The van der Waals surface area contributed by atoms with Gasteiger partial charge < -0.3 is 15.1 Å². The Kier molecular flexibility index (Phi) is 5.64. The summed E-state index contributed by atoms with van der Waals surface area (Å²) < 4.78 is 0. The van der Waals surface area contributed by atoms with E-state index < -0.39 is 0 Å². The Morgan fingerprint density at radius 2 is 1.95 bits per heavy atom. The van der Waals surface area contributed by atoms with Crippen LogP contribution < -0.4 is 5.32 Å². The lowest BCUT2D eigenvalue weighted by Crippen LogP contribution is -2.36. The highest BCUT2D eigenvalue weighted by Gasteiger charge is 2.22. The molecule has 1 aromatic carbocycles. The fourth-order valence-corrected chi connectivity index (χ4v) is 2.95. The van der Waals surface area contributed by atoms with Crippen molar-refractivity contribution in [1.29, 1.82) is 0 Å². The zero-order valence-electron chi connectivity index (χ0n) is 12.5. The van der Waals surface area contributed by atoms with Gasteiger partial charge in [-0.15, -0.1) is 0 Å². The fourth-order valence-electron chi connectivity index (χ4n) is 2.13. The zero-order chi connectivity index (χ0) is 15.2. The Morgan fingerprint density at radius 3 is 2.52 bits per heavy atom. The summed E-state index contributed by atoms with van der Waals surface area (Å²) in [4.78, 5) is 26.9. The zero-order valence-corrected chi connectivity index (χ0v) is 13.3. The van der Waals surface area contributed by atoms with E-state index in [0.717, 1.165) is 17.9 Å². The van der Waals surface area contributed by atoms with Crippen molar-refractivity contribution in [2.75, 3.05) is 32.9 Å². The smallest absolute Gasteiger partial charge is 0.282 e. The standard InChI is InChI=1S/C15H21N3O2S/c1-17(2)10-13-5-3-12(4-6-13)9-16-14(19)11-18-7-8-21-15(18)20/h3-6H,7-11H2,1-2H3,(H,16,19). The first-order valence-electron chi connectivity index (χ1n) is 6.95. The van der Waals surface area contributed by atoms with Crippen LogP contribution in [0.3, 0.4) is 0 Å². The third kappa shape index (κ3) is 5.06. The third-order valence-corrected chi connectivity index (χ3v) is 4.08. The van der Waals surface area contributed by atoms with E-state index in [1.54, 1.807) is 4.90 Å². The third-order valence-electron chi connectivity index (χ3n) is 3.19. The Bertz CT molecular complexity index is 502. The van der Waals surface area contributed by atoms with Crippen LogP contribution in [0.15, 0.2) is 24.3 Å². The molecule has 5 nitrogen and oxygen atoms in total. The number of rotatable bonds is 6. The van der Waals surface area contributed by atoms with Crippen molar-refractivity contribution in [1.82, 2.24) is 15.1 Å². The maximum Gasteiger partial charge on any atom is 0.282 e. The molecule has 21 heavy (non-hydrogen) atoms. The molecular weight excluding hydrogens is 286 g/mol. The largest absolute Gasteiger partial charge is 0.350 e. The van der Waals surface area contributed by atoms with Crippen LogP contribution in [0.4, 0.5) is 4.79 Å². The molecule has 0 aliphatic carbocycles. The molecule has 0 radical (unpaired) electrons. The maximum absolute atomic E-state index is 11.8. The highest BCUT2D eigenvalue weighted by atomic mass is 32.2. The van der Waals surface area contributed by atoms with Crippen LogP contribution in [0, 0.1) is 0 Å². The van der Waals surface area contributed by atoms with Crippen molar-refractivity contribution >= 4 is 22.9 Å². The minimum atomic E-state index is -0.108. The van der Waals surface area contributed by atoms with Crippen molar-refractivity contribution in [3.63, 3.8) is 0 Å². The van der Waals surface area contributed by atoms with Crippen LogP contribution in [-0.2, 0) is 17.9 Å². The van der Waals surface area contributed by atoms with Gasteiger partial charge in [0.25, 0.3) is 5.24 Å². The second kappa shape index (κ2) is 7.47. The van der Waals surface area contributed by atoms with E-state index in [1.165, 1.54) is 17.3 Å². The summed E-state index contributed by atoms with van der Waals surface area (Å²) in [5.74, 6) is 0.669. The van der Waals surface area contributed by atoms with Gasteiger partial charge in [0.2, 0.25) is 5.91 Å². The number of carbonyl (C=O) groups excluding carboxylic acids is 2. The van der Waals surface area contributed by atoms with Crippen molar-refractivity contribution in [2.45, 2.75) is 13.1 Å². The van der Waals surface area contributed by atoms with E-state index in [9.17, 15) is 9.59 Å². The van der Waals surface area contributed by atoms with E-state index >= 15 is 0 Å². The first kappa shape index (κ1) is 15.9. The highest BCUT2D eigenvalue weighted by Crippen LogP contribution is 2.16. The minimum Gasteiger partial charge on any atom is -0.350 e. The predicted octanol–water partition coefficient (Wildman–Crippen LogP) is 1.53. The van der Waals surface area contributed by atoms with Crippen molar-refractivity contribution in [3.8, 4) is 0 Å². The van der Waals surface area contributed by atoms with E-state index in [-0.39, 0.29) is 17.7 Å². The number of amides is 2. The number of thioether (sulfide) groups is 1. The van der Waals surface area contributed by atoms with Gasteiger partial charge in [-0.3, -0.25) is 9.59 Å². The van der Waals surface area contributed by atoms with E-state index in [2.05, 4.69) is 22.3 Å². The molecule has 1 saturated heterocycles. The van der Waals surface area contributed by atoms with Crippen LogP contribution in [0.2, 0.25) is 0 Å². The second-order valence-electron chi connectivity index (χ2n) is 5.37. The number of hydrogen-bond donors (Lipinski definition) is 1. The molecule has 0 bridgehead atoms. The summed E-state index contributed by atoms with van der Waals surface area (Å²) >= 11 is 1.27. The Hall–Kier alpha value is -1.53. The van der Waals surface area contributed by atoms with Crippen LogP contribution in [0.1, 0.15) is 11.1 Å². The number of hydrogen-bond acceptors (Lipinski definition) is 4. The number of benzene rings is 1. The lowest BCUT2D eigenvalue weighted by Gasteiger charge is -2.14. The lowest BCUT2D eigenvalue weighted by atomic mass is 10.1. The fraction of sp³-hybridized carbons (Fsp3) is 0.467. The lowest BCUT2D eigenvalue weighted by molar-refractivity contribution is -0.121. The van der Waals surface area contributed by atoms with Gasteiger partial charge in [0, 0.05) is 25.4 Å². The highest BCUT2D eigenvalue weighted by molar-refractivity contribution is 8.13. The van der Waals surface area contributed by atoms with Crippen LogP contribution in [-0.4, -0.2) is 53.9 Å². The number of carbonyl (C=O) groups is 2. The SMILES string of the molecule is CN(C)Cc1ccc(CNC(=O)CN2CCSC2=O)cc1. The van der Waals surface area contributed by atoms with Crippen molar-refractivity contribution in [2.24, 2.45) is 0 Å². The summed E-state index contributed by atoms with van der Waals surface area (Å²) in [7, 11) is 4.07. The van der Waals surface area contributed by atoms with Crippen LogP contribution in [0.5, 0.6) is 0 Å². The molecule has 0 spiro atoms. The molecule has 0 aromatic heterocycles. The molecule has 2 amide bonds. The first-order valence-corrected chi connectivity index (χ1v) is 7.94. The van der Waals surface area contributed by atoms with E-state index in [0.29, 0.717) is 13.1 Å².